The first-order chi connectivity index (χ1) is 14.5. The van der Waals surface area contributed by atoms with Gasteiger partial charge in [-0.2, -0.15) is 0 Å². The van der Waals surface area contributed by atoms with Gasteiger partial charge in [-0.15, -0.1) is 0 Å². The number of rotatable bonds is 10. The Labute approximate surface area is 179 Å². The molecule has 0 spiro atoms. The number of benzene rings is 1. The molecule has 1 atom stereocenters. The number of ether oxygens (including phenoxy) is 3. The summed E-state index contributed by atoms with van der Waals surface area (Å²) in [5.41, 5.74) is 3.41. The molecule has 2 aromatic rings. The highest BCUT2D eigenvalue weighted by atomic mass is 16.5. The van der Waals surface area contributed by atoms with Crippen LogP contribution < -0.4 is 9.47 Å². The van der Waals surface area contributed by atoms with E-state index in [1.165, 1.54) is 5.56 Å². The number of hydrogen-bond acceptors (Lipinski definition) is 7. The maximum Gasteiger partial charge on any atom is 0.161 e. The van der Waals surface area contributed by atoms with E-state index in [1.807, 2.05) is 30.5 Å². The van der Waals surface area contributed by atoms with Crippen molar-refractivity contribution in [3.05, 3.63) is 53.3 Å². The molecular weight excluding hydrogens is 382 g/mol. The van der Waals surface area contributed by atoms with Crippen LogP contribution in [0.3, 0.4) is 0 Å². The normalized spacial score (nSPS) is 15.9. The Morgan fingerprint density at radius 3 is 2.73 bits per heavy atom. The predicted molar refractivity (Wildman–Crippen MR) is 116 cm³/mol. The third-order valence-corrected chi connectivity index (χ3v) is 5.22. The predicted octanol–water partition coefficient (Wildman–Crippen LogP) is 2.10. The molecule has 0 aliphatic carbocycles. The Morgan fingerprint density at radius 2 is 2.00 bits per heavy atom. The number of aryl methyl sites for hydroxylation is 1. The fourth-order valence-corrected chi connectivity index (χ4v) is 3.56. The van der Waals surface area contributed by atoms with E-state index in [4.69, 9.17) is 14.2 Å². The van der Waals surface area contributed by atoms with Gasteiger partial charge in [-0.3, -0.25) is 14.8 Å². The first-order valence-corrected chi connectivity index (χ1v) is 10.4. The van der Waals surface area contributed by atoms with Gasteiger partial charge in [-0.25, -0.2) is 0 Å². The lowest BCUT2D eigenvalue weighted by molar-refractivity contribution is 0.00445. The molecule has 1 aromatic heterocycles. The summed E-state index contributed by atoms with van der Waals surface area (Å²) in [5, 5.41) is 10.3. The summed E-state index contributed by atoms with van der Waals surface area (Å²) < 4.78 is 16.7. The van der Waals surface area contributed by atoms with E-state index in [-0.39, 0.29) is 6.61 Å². The number of aromatic nitrogens is 1. The minimum atomic E-state index is -0.555. The van der Waals surface area contributed by atoms with Gasteiger partial charge in [-0.05, 0) is 43.3 Å². The van der Waals surface area contributed by atoms with Gasteiger partial charge in [0.05, 0.1) is 26.0 Å². The number of morpholine rings is 1. The molecule has 7 heteroatoms. The van der Waals surface area contributed by atoms with Crippen LogP contribution in [0.4, 0.5) is 0 Å². The zero-order chi connectivity index (χ0) is 21.3. The summed E-state index contributed by atoms with van der Waals surface area (Å²) in [6, 6.07) is 9.98. The summed E-state index contributed by atoms with van der Waals surface area (Å²) >= 11 is 0. The van der Waals surface area contributed by atoms with E-state index in [1.54, 1.807) is 7.11 Å². The third kappa shape index (κ3) is 6.67. The van der Waals surface area contributed by atoms with Crippen molar-refractivity contribution in [2.24, 2.45) is 0 Å². The van der Waals surface area contributed by atoms with Crippen molar-refractivity contribution in [1.29, 1.82) is 0 Å². The van der Waals surface area contributed by atoms with Crippen LogP contribution in [-0.2, 0) is 17.8 Å². The molecular formula is C23H33N3O4. The van der Waals surface area contributed by atoms with Gasteiger partial charge in [0.25, 0.3) is 0 Å². The fourth-order valence-electron chi connectivity index (χ4n) is 3.56. The average molecular weight is 416 g/mol. The number of pyridine rings is 1. The van der Waals surface area contributed by atoms with E-state index in [0.29, 0.717) is 18.0 Å². The third-order valence-electron chi connectivity index (χ3n) is 5.22. The molecule has 1 unspecified atom stereocenters. The lowest BCUT2D eigenvalue weighted by Crippen LogP contribution is -2.42. The number of aliphatic hydroxyl groups excluding tert-OH is 1. The van der Waals surface area contributed by atoms with Crippen molar-refractivity contribution in [3.8, 4) is 11.5 Å². The lowest BCUT2D eigenvalue weighted by Gasteiger charge is -2.28. The molecule has 0 saturated carbocycles. The van der Waals surface area contributed by atoms with Crippen LogP contribution in [0.15, 0.2) is 36.5 Å². The highest BCUT2D eigenvalue weighted by molar-refractivity contribution is 5.43. The van der Waals surface area contributed by atoms with Gasteiger partial charge in [0.15, 0.2) is 11.5 Å². The second-order valence-electron chi connectivity index (χ2n) is 7.80. The first-order valence-electron chi connectivity index (χ1n) is 10.4. The Balaban J connectivity index is 1.53. The van der Waals surface area contributed by atoms with Crippen LogP contribution in [0.25, 0.3) is 0 Å². The van der Waals surface area contributed by atoms with Crippen molar-refractivity contribution >= 4 is 0 Å². The number of nitrogens with zero attached hydrogens (tertiary/aromatic N) is 3. The van der Waals surface area contributed by atoms with Crippen molar-refractivity contribution in [2.75, 3.05) is 53.6 Å². The molecule has 7 nitrogen and oxygen atoms in total. The largest absolute Gasteiger partial charge is 0.493 e. The Hall–Kier alpha value is -2.19. The van der Waals surface area contributed by atoms with Gasteiger partial charge in [0.1, 0.15) is 12.7 Å². The lowest BCUT2D eigenvalue weighted by atomic mass is 10.1. The molecule has 0 bridgehead atoms. The fraction of sp³-hybridized carbons (Fsp3) is 0.522. The number of hydrogen-bond donors (Lipinski definition) is 1. The van der Waals surface area contributed by atoms with Crippen LogP contribution in [0.2, 0.25) is 0 Å². The molecule has 1 fully saturated rings. The van der Waals surface area contributed by atoms with Crippen molar-refractivity contribution < 1.29 is 19.3 Å². The molecule has 1 aromatic carbocycles. The number of aliphatic hydroxyl groups is 1. The Kier molecular flexibility index (Phi) is 8.45. The van der Waals surface area contributed by atoms with E-state index >= 15 is 0 Å². The van der Waals surface area contributed by atoms with Gasteiger partial charge < -0.3 is 19.3 Å². The molecule has 1 aliphatic rings. The van der Waals surface area contributed by atoms with Gasteiger partial charge in [-0.1, -0.05) is 12.1 Å². The second-order valence-corrected chi connectivity index (χ2v) is 7.80. The standard InChI is InChI=1S/C23H33N3O4/c1-18-5-4-8-24-21(18)16-25(2)14-19-6-7-22(23(13-19)28-3)30-17-20(27)15-26-9-11-29-12-10-26/h4-8,13,20,27H,9-12,14-17H2,1-3H3. The average Bonchev–Trinajstić information content (AvgIpc) is 2.75. The van der Waals surface area contributed by atoms with E-state index < -0.39 is 6.10 Å². The van der Waals surface area contributed by atoms with Crippen molar-refractivity contribution in [1.82, 2.24) is 14.8 Å². The molecule has 2 heterocycles. The smallest absolute Gasteiger partial charge is 0.161 e. The van der Waals surface area contributed by atoms with Crippen LogP contribution in [0.1, 0.15) is 16.8 Å². The molecule has 1 N–H and O–H groups in total. The van der Waals surface area contributed by atoms with Crippen LogP contribution in [-0.4, -0.2) is 79.6 Å². The monoisotopic (exact) mass is 415 g/mol. The van der Waals surface area contributed by atoms with Gasteiger partial charge >= 0.3 is 0 Å². The van der Waals surface area contributed by atoms with Crippen molar-refractivity contribution in [3.63, 3.8) is 0 Å². The summed E-state index contributed by atoms with van der Waals surface area (Å²) in [5.74, 6) is 1.32. The van der Waals surface area contributed by atoms with Crippen LogP contribution in [0.5, 0.6) is 11.5 Å². The number of methoxy groups -OCH3 is 1. The maximum absolute atomic E-state index is 10.3. The summed E-state index contributed by atoms with van der Waals surface area (Å²) in [6.45, 7) is 7.58. The second kappa shape index (κ2) is 11.3. The molecule has 30 heavy (non-hydrogen) atoms. The Morgan fingerprint density at radius 1 is 1.20 bits per heavy atom. The SMILES string of the molecule is COc1cc(CN(C)Cc2ncccc2C)ccc1OCC(O)CN1CCOCC1. The Bertz CT molecular complexity index is 796. The van der Waals surface area contributed by atoms with E-state index in [9.17, 15) is 5.11 Å². The molecule has 0 amide bonds. The minimum absolute atomic E-state index is 0.228. The molecule has 1 saturated heterocycles. The number of β-amino-alcohol motifs (C(OH)–C–C–N with tert-alkyl or cyclic N) is 1. The van der Waals surface area contributed by atoms with Crippen LogP contribution >= 0.6 is 0 Å². The summed E-state index contributed by atoms with van der Waals surface area (Å²) in [4.78, 5) is 8.88. The molecule has 3 rings (SSSR count). The maximum atomic E-state index is 10.3. The van der Waals surface area contributed by atoms with E-state index in [2.05, 4.69) is 34.8 Å². The topological polar surface area (TPSA) is 67.3 Å². The highest BCUT2D eigenvalue weighted by Crippen LogP contribution is 2.29. The van der Waals surface area contributed by atoms with E-state index in [0.717, 1.165) is 50.7 Å². The van der Waals surface area contributed by atoms with Gasteiger partial charge in [0.2, 0.25) is 0 Å². The first kappa shape index (κ1) is 22.5. The summed E-state index contributed by atoms with van der Waals surface area (Å²) in [6.07, 6.45) is 1.28. The molecule has 164 valence electrons. The van der Waals surface area contributed by atoms with Gasteiger partial charge in [0, 0.05) is 38.9 Å². The van der Waals surface area contributed by atoms with Crippen molar-refractivity contribution in [2.45, 2.75) is 26.1 Å². The quantitative estimate of drug-likeness (QED) is 0.637. The molecule has 1 aliphatic heterocycles. The molecule has 0 radical (unpaired) electrons. The zero-order valence-electron chi connectivity index (χ0n) is 18.2. The zero-order valence-corrected chi connectivity index (χ0v) is 18.2. The highest BCUT2D eigenvalue weighted by Gasteiger charge is 2.16. The summed E-state index contributed by atoms with van der Waals surface area (Å²) in [7, 11) is 3.71. The van der Waals surface area contributed by atoms with Crippen LogP contribution in [0, 0.1) is 6.92 Å². The minimum Gasteiger partial charge on any atom is -0.493 e.